The number of cyclic esters (lactones) is 1. The average Bonchev–Trinajstić information content (AvgIpc) is 3.80. The Morgan fingerprint density at radius 1 is 0.986 bits per heavy atom. The molecule has 0 bridgehead atoms. The van der Waals surface area contributed by atoms with Crippen LogP contribution in [-0.4, -0.2) is 203 Å². The van der Waals surface area contributed by atoms with Gasteiger partial charge in [0, 0.05) is 70.6 Å². The molecule has 0 amide bonds. The zero-order valence-corrected chi connectivity index (χ0v) is 46.6. The topological polar surface area (TPSA) is 245 Å². The predicted octanol–water partition coefficient (Wildman–Crippen LogP) is 3.68. The number of aliphatic hydroxyl groups is 5. The minimum absolute atomic E-state index is 0.132. The Morgan fingerprint density at radius 2 is 1.63 bits per heavy atom. The van der Waals surface area contributed by atoms with E-state index in [0.29, 0.717) is 37.2 Å². The van der Waals surface area contributed by atoms with Crippen LogP contribution in [0.1, 0.15) is 118 Å². The van der Waals surface area contributed by atoms with Crippen molar-refractivity contribution < 1.29 is 71.6 Å². The fourth-order valence-corrected chi connectivity index (χ4v) is 12.6. The van der Waals surface area contributed by atoms with Gasteiger partial charge in [0.1, 0.15) is 48.8 Å². The summed E-state index contributed by atoms with van der Waals surface area (Å²) >= 11 is 0. The van der Waals surface area contributed by atoms with Gasteiger partial charge in [-0.1, -0.05) is 45.0 Å². The number of esters is 1. The number of halogens is 1. The molecular formula is C52H88FN5O14S. The highest BCUT2D eigenvalue weighted by molar-refractivity contribution is 7.90. The van der Waals surface area contributed by atoms with Crippen LogP contribution in [0.5, 0.6) is 0 Å². The zero-order chi connectivity index (χ0) is 54.7. The van der Waals surface area contributed by atoms with Crippen LogP contribution in [0.15, 0.2) is 35.4 Å². The summed E-state index contributed by atoms with van der Waals surface area (Å²) in [6, 6.07) is 4.10. The van der Waals surface area contributed by atoms with E-state index >= 15 is 0 Å². The van der Waals surface area contributed by atoms with E-state index in [1.807, 2.05) is 44.7 Å². The molecule has 0 saturated carbocycles. The van der Waals surface area contributed by atoms with Crippen LogP contribution in [0, 0.1) is 23.7 Å². The largest absolute Gasteiger partial charge is 0.459 e. The molecular weight excluding hydrogens is 970 g/mol. The Kier molecular flexibility index (Phi) is 20.7. The van der Waals surface area contributed by atoms with Gasteiger partial charge >= 0.3 is 5.97 Å². The van der Waals surface area contributed by atoms with Gasteiger partial charge in [-0.2, -0.15) is 0 Å². The molecule has 0 spiro atoms. The summed E-state index contributed by atoms with van der Waals surface area (Å²) in [5, 5.41) is 68.7. The Balaban J connectivity index is 1.45. The highest BCUT2D eigenvalue weighted by Crippen LogP contribution is 2.45. The van der Waals surface area contributed by atoms with E-state index in [1.165, 1.54) is 38.0 Å². The van der Waals surface area contributed by atoms with Crippen LogP contribution >= 0.6 is 0 Å². The van der Waals surface area contributed by atoms with E-state index in [-0.39, 0.29) is 30.1 Å². The molecule has 73 heavy (non-hydrogen) atoms. The first-order valence-electron chi connectivity index (χ1n) is 25.9. The van der Waals surface area contributed by atoms with E-state index in [2.05, 4.69) is 10.3 Å². The van der Waals surface area contributed by atoms with Crippen molar-refractivity contribution in [3.8, 4) is 0 Å². The molecule has 3 fully saturated rings. The number of rotatable bonds is 15. The van der Waals surface area contributed by atoms with Crippen molar-refractivity contribution in [2.24, 2.45) is 23.7 Å². The summed E-state index contributed by atoms with van der Waals surface area (Å²) in [6.07, 6.45) is -5.62. The molecule has 418 valence electrons. The molecule has 1 aromatic heterocycles. The second kappa shape index (κ2) is 24.7. The molecule has 2 aromatic rings. The van der Waals surface area contributed by atoms with E-state index < -0.39 is 136 Å². The Labute approximate surface area is 432 Å². The quantitative estimate of drug-likeness (QED) is 0.160. The van der Waals surface area contributed by atoms with Crippen molar-refractivity contribution in [1.82, 2.24) is 24.8 Å². The maximum Gasteiger partial charge on any atom is 0.309 e. The minimum Gasteiger partial charge on any atom is -0.459 e. The molecule has 19 nitrogen and oxygen atoms in total. The van der Waals surface area contributed by atoms with E-state index in [0.717, 1.165) is 6.26 Å². The molecule has 5 rings (SSSR count). The highest BCUT2D eigenvalue weighted by Gasteiger charge is 2.55. The van der Waals surface area contributed by atoms with Gasteiger partial charge in [0.05, 0.1) is 52.1 Å². The van der Waals surface area contributed by atoms with E-state index in [1.54, 1.807) is 59.9 Å². The summed E-state index contributed by atoms with van der Waals surface area (Å²) in [5.74, 6) is -3.33. The third-order valence-corrected chi connectivity index (χ3v) is 17.6. The Hall–Kier alpha value is -2.77. The summed E-state index contributed by atoms with van der Waals surface area (Å²) < 4.78 is 78.1. The van der Waals surface area contributed by atoms with Crippen molar-refractivity contribution in [1.29, 1.82) is 0 Å². The number of carbonyl (C=O) groups excluding carboxylic acids is 1. The number of methoxy groups -OCH3 is 2. The van der Waals surface area contributed by atoms with Gasteiger partial charge < -0.3 is 63.8 Å². The third kappa shape index (κ3) is 13.9. The van der Waals surface area contributed by atoms with E-state index in [4.69, 9.17) is 28.4 Å². The SMILES string of the molecule is CC[C@H]1OC(=O)[C@H](C)C([C@H]2C[C@@](C)(OC)[C@@H](O)[C@H](C)O2)[C@H](C)[C@@H](O[C@@H]2O[C@H](C)C[C@H](N(C)CCc3cn([C@H](CF)[C@H](OC)c4ccc(S(C)(=O)=O)cc4)nn3)[C@H]2O)[C@](C)(O)C[C@@H](C)CN(C)[C@H](C)[C@@H](O)[C@]1(C)O. The lowest BCUT2D eigenvalue weighted by molar-refractivity contribution is -0.302. The van der Waals surface area contributed by atoms with Crippen LogP contribution in [0.25, 0.3) is 0 Å². The minimum atomic E-state index is -3.44. The van der Waals surface area contributed by atoms with Gasteiger partial charge in [0.25, 0.3) is 0 Å². The van der Waals surface area contributed by atoms with Crippen LogP contribution in [0.3, 0.4) is 0 Å². The number of carbonyl (C=O) groups is 1. The van der Waals surface area contributed by atoms with Gasteiger partial charge in [0.2, 0.25) is 0 Å². The average molecular weight is 1060 g/mol. The van der Waals surface area contributed by atoms with E-state index in [9.17, 15) is 43.1 Å². The lowest BCUT2D eigenvalue weighted by Gasteiger charge is -2.51. The molecule has 5 N–H and O–H groups in total. The number of benzene rings is 1. The van der Waals surface area contributed by atoms with Crippen molar-refractivity contribution in [2.45, 2.75) is 202 Å². The molecule has 3 saturated heterocycles. The first-order valence-corrected chi connectivity index (χ1v) is 27.8. The summed E-state index contributed by atoms with van der Waals surface area (Å²) in [5.41, 5.74) is -3.44. The number of hydrogen-bond donors (Lipinski definition) is 5. The molecule has 1 unspecified atom stereocenters. The van der Waals surface area contributed by atoms with Crippen LogP contribution < -0.4 is 0 Å². The monoisotopic (exact) mass is 1060 g/mol. The smallest absolute Gasteiger partial charge is 0.309 e. The molecule has 21 heteroatoms. The zero-order valence-electron chi connectivity index (χ0n) is 45.8. The van der Waals surface area contributed by atoms with Crippen LogP contribution in [0.2, 0.25) is 0 Å². The second-order valence-electron chi connectivity index (χ2n) is 22.4. The normalized spacial score (nSPS) is 39.9. The molecule has 1 aromatic carbocycles. The molecule has 4 heterocycles. The van der Waals surface area contributed by atoms with Crippen molar-refractivity contribution >= 4 is 15.8 Å². The summed E-state index contributed by atoms with van der Waals surface area (Å²) in [6.45, 7) is 17.6. The van der Waals surface area contributed by atoms with Crippen molar-refractivity contribution in [3.05, 3.63) is 41.7 Å². The third-order valence-electron chi connectivity index (χ3n) is 16.5. The number of hydrogen-bond acceptors (Lipinski definition) is 18. The molecule has 20 atom stereocenters. The molecule has 0 aliphatic carbocycles. The molecule has 3 aliphatic heterocycles. The summed E-state index contributed by atoms with van der Waals surface area (Å²) in [7, 11) is 3.21. The number of ether oxygens (including phenoxy) is 6. The number of nitrogens with zero attached hydrogens (tertiary/aromatic N) is 5. The fraction of sp³-hybridized carbons (Fsp3) is 0.827. The number of aliphatic hydroxyl groups excluding tert-OH is 3. The highest BCUT2D eigenvalue weighted by atomic mass is 32.2. The lowest BCUT2D eigenvalue weighted by atomic mass is 9.68. The molecule has 0 radical (unpaired) electrons. The first kappa shape index (κ1) is 61.1. The van der Waals surface area contributed by atoms with Crippen LogP contribution in [0.4, 0.5) is 4.39 Å². The fourth-order valence-electron chi connectivity index (χ4n) is 12.0. The van der Waals surface area contributed by atoms with Crippen molar-refractivity contribution in [2.75, 3.05) is 54.3 Å². The number of sulfone groups is 1. The number of alkyl halides is 1. The Morgan fingerprint density at radius 3 is 2.21 bits per heavy atom. The lowest BCUT2D eigenvalue weighted by Crippen LogP contribution is -2.62. The maximum atomic E-state index is 14.8. The predicted molar refractivity (Wildman–Crippen MR) is 270 cm³/mol. The van der Waals surface area contributed by atoms with Gasteiger partial charge in [0.15, 0.2) is 16.1 Å². The first-order chi connectivity index (χ1) is 34.0. The molecule has 3 aliphatic rings. The van der Waals surface area contributed by atoms with Crippen molar-refractivity contribution in [3.63, 3.8) is 0 Å². The van der Waals surface area contributed by atoms with Crippen LogP contribution in [-0.2, 0) is 49.5 Å². The summed E-state index contributed by atoms with van der Waals surface area (Å²) in [4.78, 5) is 18.6. The maximum absolute atomic E-state index is 14.8. The Bertz CT molecular complexity index is 2190. The van der Waals surface area contributed by atoms with Gasteiger partial charge in [-0.3, -0.25) is 4.79 Å². The number of aromatic nitrogens is 3. The standard InChI is InChI=1S/C52H88FN5O14S/c1-16-41-52(10,64)45(60)33(6)57(12)27-29(2)24-50(8,63)47(31(4)42(32(5)48(62)71-41)40-25-51(9,68-14)46(61)34(7)70-40)72-49-43(59)38(23-30(3)69-49)56(11)22-21-36-28-58(55-54-36)39(26-53)44(67-13)35-17-19-37(20-18-35)73(15,65)66/h17-20,28-34,38-47,49,59-61,63-64H,16,21-27H2,1-15H3/t29-,30-,31+,32-,33-,34+,38+,39-,40-,41-,42?,43-,44-,45-,46+,47-,49+,50-,51-,52-/m1/s1. The van der Waals surface area contributed by atoms with Gasteiger partial charge in [-0.15, -0.1) is 5.10 Å². The van der Waals surface area contributed by atoms with Gasteiger partial charge in [-0.25, -0.2) is 17.5 Å². The number of likely N-dealkylation sites (N-methyl/N-ethyl adjacent to an activating group) is 2. The van der Waals surface area contributed by atoms with Gasteiger partial charge in [-0.05, 0) is 104 Å². The second-order valence-corrected chi connectivity index (χ2v) is 24.4.